The summed E-state index contributed by atoms with van der Waals surface area (Å²) < 4.78 is 24.3. The fraction of sp³-hybridized carbons (Fsp3) is 0.185. The SMILES string of the molecule is COc1ccc(/C(O)=C2/C(=O)C(=O)N(c3ccc(C)c(C)c3)C2c2ccc(F)cc2)c(OC)c1. The molecule has 0 bridgehead atoms. The Labute approximate surface area is 196 Å². The van der Waals surface area contributed by atoms with Crippen LogP contribution >= 0.6 is 0 Å². The van der Waals surface area contributed by atoms with Gasteiger partial charge < -0.3 is 14.6 Å². The Kier molecular flexibility index (Phi) is 6.11. The van der Waals surface area contributed by atoms with Crippen molar-refractivity contribution in [3.05, 3.63) is 94.3 Å². The number of benzene rings is 3. The van der Waals surface area contributed by atoms with Crippen molar-refractivity contribution in [3.63, 3.8) is 0 Å². The number of Topliss-reactive ketones (excluding diaryl/α,β-unsaturated/α-hetero) is 1. The van der Waals surface area contributed by atoms with Crippen LogP contribution in [0.4, 0.5) is 10.1 Å². The van der Waals surface area contributed by atoms with Crippen LogP contribution in [-0.4, -0.2) is 31.0 Å². The molecule has 1 heterocycles. The van der Waals surface area contributed by atoms with Crippen LogP contribution in [0.1, 0.15) is 28.3 Å². The molecular formula is C27H24FNO5. The fourth-order valence-corrected chi connectivity index (χ4v) is 4.07. The number of amides is 1. The molecule has 6 nitrogen and oxygen atoms in total. The number of hydrogen-bond acceptors (Lipinski definition) is 5. The Morgan fingerprint density at radius 1 is 0.912 bits per heavy atom. The first-order valence-electron chi connectivity index (χ1n) is 10.6. The molecule has 1 unspecified atom stereocenters. The van der Waals surface area contributed by atoms with E-state index in [0.717, 1.165) is 11.1 Å². The number of ether oxygens (including phenoxy) is 2. The lowest BCUT2D eigenvalue weighted by molar-refractivity contribution is -0.132. The number of carbonyl (C=O) groups is 2. The van der Waals surface area contributed by atoms with E-state index in [0.29, 0.717) is 17.0 Å². The summed E-state index contributed by atoms with van der Waals surface area (Å²) in [6, 6.07) is 14.7. The maximum atomic E-state index is 13.7. The van der Waals surface area contributed by atoms with Gasteiger partial charge in [0.2, 0.25) is 0 Å². The van der Waals surface area contributed by atoms with Crippen LogP contribution in [0.2, 0.25) is 0 Å². The summed E-state index contributed by atoms with van der Waals surface area (Å²) in [6.45, 7) is 3.85. The van der Waals surface area contributed by atoms with Gasteiger partial charge in [-0.05, 0) is 66.9 Å². The first-order valence-corrected chi connectivity index (χ1v) is 10.6. The number of ketones is 1. The van der Waals surface area contributed by atoms with Crippen LogP contribution in [0, 0.1) is 19.7 Å². The number of nitrogens with zero attached hydrogens (tertiary/aromatic N) is 1. The smallest absolute Gasteiger partial charge is 0.300 e. The quantitative estimate of drug-likeness (QED) is 0.326. The maximum Gasteiger partial charge on any atom is 0.300 e. The lowest BCUT2D eigenvalue weighted by Crippen LogP contribution is -2.29. The van der Waals surface area contributed by atoms with Crippen LogP contribution in [0.15, 0.2) is 66.2 Å². The van der Waals surface area contributed by atoms with E-state index in [4.69, 9.17) is 9.47 Å². The third-order valence-corrected chi connectivity index (χ3v) is 6.06. The highest BCUT2D eigenvalue weighted by molar-refractivity contribution is 6.51. The number of anilines is 1. The third kappa shape index (κ3) is 3.90. The molecule has 1 N–H and O–H groups in total. The van der Waals surface area contributed by atoms with Gasteiger partial charge in [-0.1, -0.05) is 18.2 Å². The first kappa shape index (κ1) is 23.0. The number of carbonyl (C=O) groups excluding carboxylic acids is 2. The second-order valence-electron chi connectivity index (χ2n) is 8.06. The summed E-state index contributed by atoms with van der Waals surface area (Å²) in [5.41, 5.74) is 3.07. The second-order valence-corrected chi connectivity index (χ2v) is 8.06. The molecule has 1 amide bonds. The average molecular weight is 461 g/mol. The molecule has 0 aliphatic carbocycles. The number of methoxy groups -OCH3 is 2. The van der Waals surface area contributed by atoms with E-state index in [2.05, 4.69) is 0 Å². The highest BCUT2D eigenvalue weighted by atomic mass is 19.1. The van der Waals surface area contributed by atoms with Crippen LogP contribution in [0.3, 0.4) is 0 Å². The minimum absolute atomic E-state index is 0.113. The molecule has 1 atom stereocenters. The van der Waals surface area contributed by atoms with Crippen molar-refractivity contribution in [2.75, 3.05) is 19.1 Å². The van der Waals surface area contributed by atoms with E-state index in [9.17, 15) is 19.1 Å². The van der Waals surface area contributed by atoms with Gasteiger partial charge in [0.25, 0.3) is 11.7 Å². The highest BCUT2D eigenvalue weighted by Gasteiger charge is 2.47. The molecule has 1 aliphatic rings. The minimum atomic E-state index is -0.963. The van der Waals surface area contributed by atoms with Crippen molar-refractivity contribution in [3.8, 4) is 11.5 Å². The van der Waals surface area contributed by atoms with Crippen molar-refractivity contribution in [2.45, 2.75) is 19.9 Å². The minimum Gasteiger partial charge on any atom is -0.507 e. The standard InChI is InChI=1S/C27H24FNO5/c1-15-5-10-19(13-16(15)2)29-24(17-6-8-18(28)9-7-17)23(26(31)27(29)32)25(30)21-12-11-20(33-3)14-22(21)34-4/h5-14,24,30H,1-4H3/b25-23-. The topological polar surface area (TPSA) is 76.1 Å². The average Bonchev–Trinajstić information content (AvgIpc) is 3.10. The van der Waals surface area contributed by atoms with Crippen LogP contribution in [-0.2, 0) is 9.59 Å². The maximum absolute atomic E-state index is 13.7. The summed E-state index contributed by atoms with van der Waals surface area (Å²) in [5, 5.41) is 11.3. The monoisotopic (exact) mass is 461 g/mol. The molecule has 174 valence electrons. The van der Waals surface area contributed by atoms with Crippen molar-refractivity contribution >= 4 is 23.1 Å². The van der Waals surface area contributed by atoms with Gasteiger partial charge in [-0.3, -0.25) is 14.5 Å². The summed E-state index contributed by atoms with van der Waals surface area (Å²) >= 11 is 0. The largest absolute Gasteiger partial charge is 0.507 e. The molecule has 0 radical (unpaired) electrons. The van der Waals surface area contributed by atoms with E-state index < -0.39 is 29.3 Å². The number of halogens is 1. The second kappa shape index (κ2) is 9.02. The molecule has 0 saturated carbocycles. The van der Waals surface area contributed by atoms with Crippen LogP contribution in [0.25, 0.3) is 5.76 Å². The van der Waals surface area contributed by atoms with Gasteiger partial charge in [0.05, 0.1) is 31.4 Å². The summed E-state index contributed by atoms with van der Waals surface area (Å²) in [7, 11) is 2.93. The van der Waals surface area contributed by atoms with Gasteiger partial charge in [-0.2, -0.15) is 0 Å². The Balaban J connectivity index is 1.97. The first-order chi connectivity index (χ1) is 16.3. The van der Waals surface area contributed by atoms with E-state index in [-0.39, 0.29) is 16.9 Å². The van der Waals surface area contributed by atoms with Crippen molar-refractivity contribution in [1.82, 2.24) is 0 Å². The normalized spacial score (nSPS) is 17.2. The van der Waals surface area contributed by atoms with Crippen LogP contribution in [0.5, 0.6) is 11.5 Å². The molecule has 0 aromatic heterocycles. The molecule has 34 heavy (non-hydrogen) atoms. The van der Waals surface area contributed by atoms with Crippen molar-refractivity contribution in [2.24, 2.45) is 0 Å². The number of rotatable bonds is 5. The molecule has 3 aromatic rings. The van der Waals surface area contributed by atoms with Crippen molar-refractivity contribution in [1.29, 1.82) is 0 Å². The third-order valence-electron chi connectivity index (χ3n) is 6.06. The Bertz CT molecular complexity index is 1310. The Hall–Kier alpha value is -4.13. The van der Waals surface area contributed by atoms with Crippen LogP contribution < -0.4 is 14.4 Å². The fourth-order valence-electron chi connectivity index (χ4n) is 4.07. The van der Waals surface area contributed by atoms with E-state index in [1.54, 1.807) is 24.3 Å². The van der Waals surface area contributed by atoms with Gasteiger partial charge in [0, 0.05) is 11.8 Å². The van der Waals surface area contributed by atoms with Crippen molar-refractivity contribution < 1.29 is 28.6 Å². The molecule has 7 heteroatoms. The summed E-state index contributed by atoms with van der Waals surface area (Å²) in [5.74, 6) is -1.71. The van der Waals surface area contributed by atoms with E-state index >= 15 is 0 Å². The molecule has 3 aromatic carbocycles. The number of hydrogen-bond donors (Lipinski definition) is 1. The summed E-state index contributed by atoms with van der Waals surface area (Å²) in [4.78, 5) is 27.9. The lowest BCUT2D eigenvalue weighted by atomic mass is 9.94. The highest BCUT2D eigenvalue weighted by Crippen LogP contribution is 2.44. The zero-order chi connectivity index (χ0) is 24.6. The van der Waals surface area contributed by atoms with Gasteiger partial charge in [-0.15, -0.1) is 0 Å². The number of aliphatic hydroxyl groups is 1. The zero-order valence-corrected chi connectivity index (χ0v) is 19.3. The molecule has 1 fully saturated rings. The Morgan fingerprint density at radius 2 is 1.62 bits per heavy atom. The number of aliphatic hydroxyl groups excluding tert-OH is 1. The lowest BCUT2D eigenvalue weighted by Gasteiger charge is -2.26. The predicted molar refractivity (Wildman–Crippen MR) is 127 cm³/mol. The van der Waals surface area contributed by atoms with Gasteiger partial charge in [0.1, 0.15) is 23.1 Å². The summed E-state index contributed by atoms with van der Waals surface area (Å²) in [6.07, 6.45) is 0. The Morgan fingerprint density at radius 3 is 2.24 bits per heavy atom. The predicted octanol–water partition coefficient (Wildman–Crippen LogP) is 5.09. The van der Waals surface area contributed by atoms with Gasteiger partial charge in [-0.25, -0.2) is 4.39 Å². The molecule has 1 aliphatic heterocycles. The molecule has 4 rings (SSSR count). The zero-order valence-electron chi connectivity index (χ0n) is 19.3. The molecular weight excluding hydrogens is 437 g/mol. The van der Waals surface area contributed by atoms with Gasteiger partial charge in [0.15, 0.2) is 0 Å². The number of aryl methyl sites for hydroxylation is 2. The molecule has 1 saturated heterocycles. The van der Waals surface area contributed by atoms with Gasteiger partial charge >= 0.3 is 0 Å². The van der Waals surface area contributed by atoms with E-state index in [1.165, 1.54) is 43.4 Å². The van der Waals surface area contributed by atoms with E-state index in [1.807, 2.05) is 26.0 Å². The molecule has 0 spiro atoms.